The zero-order chi connectivity index (χ0) is 32.6. The Morgan fingerprint density at radius 1 is 0.690 bits per heavy atom. The summed E-state index contributed by atoms with van der Waals surface area (Å²) >= 11 is 1.43. The summed E-state index contributed by atoms with van der Waals surface area (Å²) in [4.78, 5) is 75.6. The third-order valence-electron chi connectivity index (χ3n) is 6.17. The number of rotatable bonds is 20. The van der Waals surface area contributed by atoms with Crippen molar-refractivity contribution in [1.82, 2.24) is 26.6 Å². The number of carbonyl (C=O) groups excluding carboxylic acids is 5. The number of aliphatic carboxylic acids is 1. The first-order chi connectivity index (χ1) is 19.6. The highest BCUT2D eigenvalue weighted by molar-refractivity contribution is 7.98. The summed E-state index contributed by atoms with van der Waals surface area (Å²) in [5, 5.41) is 31.9. The minimum absolute atomic E-state index is 0.00963. The molecule has 15 heteroatoms. The van der Waals surface area contributed by atoms with Crippen LogP contribution in [0, 0.1) is 17.8 Å². The second-order valence-electron chi connectivity index (χ2n) is 11.3. The van der Waals surface area contributed by atoms with Crippen LogP contribution in [0.25, 0.3) is 0 Å². The van der Waals surface area contributed by atoms with Crippen molar-refractivity contribution in [3.8, 4) is 0 Å². The Bertz CT molecular complexity index is 917. The van der Waals surface area contributed by atoms with Gasteiger partial charge in [0.2, 0.25) is 29.5 Å². The topological polar surface area (TPSA) is 229 Å². The van der Waals surface area contributed by atoms with Gasteiger partial charge in [0.15, 0.2) is 0 Å². The van der Waals surface area contributed by atoms with Crippen molar-refractivity contribution in [2.75, 3.05) is 25.2 Å². The Morgan fingerprint density at radius 3 is 1.62 bits per heavy atom. The molecule has 14 nitrogen and oxygen atoms in total. The van der Waals surface area contributed by atoms with E-state index in [0.29, 0.717) is 12.2 Å². The number of aliphatic hydroxyl groups excluding tert-OH is 1. The monoisotopic (exact) mass is 618 g/mol. The number of hydrogen-bond acceptors (Lipinski definition) is 9. The molecule has 0 fully saturated rings. The van der Waals surface area contributed by atoms with Crippen LogP contribution in [0.2, 0.25) is 0 Å². The Balaban J connectivity index is 5.69. The summed E-state index contributed by atoms with van der Waals surface area (Å²) in [5.41, 5.74) is 5.37. The van der Waals surface area contributed by atoms with Crippen LogP contribution in [0.5, 0.6) is 0 Å². The zero-order valence-electron chi connectivity index (χ0n) is 25.7. The van der Waals surface area contributed by atoms with Crippen LogP contribution < -0.4 is 32.3 Å². The number of thioether (sulfide) groups is 1. The second-order valence-corrected chi connectivity index (χ2v) is 12.3. The molecule has 5 atom stereocenters. The van der Waals surface area contributed by atoms with Crippen LogP contribution in [0.3, 0.4) is 0 Å². The van der Waals surface area contributed by atoms with Crippen molar-refractivity contribution in [2.45, 2.75) is 91.0 Å². The highest BCUT2D eigenvalue weighted by Gasteiger charge is 2.33. The van der Waals surface area contributed by atoms with Crippen molar-refractivity contribution < 1.29 is 39.0 Å². The summed E-state index contributed by atoms with van der Waals surface area (Å²) in [5.74, 6) is -4.58. The first-order valence-corrected chi connectivity index (χ1v) is 15.5. The van der Waals surface area contributed by atoms with Crippen LogP contribution in [0.15, 0.2) is 0 Å². The summed E-state index contributed by atoms with van der Waals surface area (Å²) in [6.07, 6.45) is 2.50. The molecule has 0 bridgehead atoms. The number of amides is 5. The molecular weight excluding hydrogens is 568 g/mol. The van der Waals surface area contributed by atoms with Gasteiger partial charge in [0, 0.05) is 0 Å². The fourth-order valence-electron chi connectivity index (χ4n) is 3.94. The molecule has 9 N–H and O–H groups in total. The summed E-state index contributed by atoms with van der Waals surface area (Å²) in [6, 6.07) is -5.79. The maximum absolute atomic E-state index is 13.2. The number of hydrogen-bond donors (Lipinski definition) is 8. The van der Waals surface area contributed by atoms with Gasteiger partial charge in [-0.2, -0.15) is 11.8 Å². The molecule has 0 aliphatic carbocycles. The molecule has 0 radical (unpaired) electrons. The molecule has 0 aromatic rings. The quantitative estimate of drug-likeness (QED) is 0.0825. The van der Waals surface area contributed by atoms with Gasteiger partial charge in [-0.15, -0.1) is 0 Å². The number of nitrogens with two attached hydrogens (primary N) is 1. The SMILES string of the molecule is CSCC[C@H](NC(=O)[C@H](CC(C)C)NC(=O)CN)C(=O)N[C@@H](CO)C(=O)N[C@H](C(=O)N[C@@H](CC(C)C)C(=O)O)C(C)C. The van der Waals surface area contributed by atoms with Gasteiger partial charge in [0.05, 0.1) is 13.2 Å². The average Bonchev–Trinajstić information content (AvgIpc) is 2.90. The molecule has 0 saturated carbocycles. The fourth-order valence-corrected chi connectivity index (χ4v) is 4.41. The van der Waals surface area contributed by atoms with E-state index in [0.717, 1.165) is 0 Å². The molecule has 0 aromatic heterocycles. The summed E-state index contributed by atoms with van der Waals surface area (Å²) in [7, 11) is 0. The lowest BCUT2D eigenvalue weighted by Crippen LogP contribution is -2.60. The van der Waals surface area contributed by atoms with Crippen molar-refractivity contribution in [2.24, 2.45) is 23.5 Å². The summed E-state index contributed by atoms with van der Waals surface area (Å²) in [6.45, 7) is 9.56. The van der Waals surface area contributed by atoms with Gasteiger partial charge in [0.1, 0.15) is 30.2 Å². The average molecular weight is 619 g/mol. The maximum Gasteiger partial charge on any atom is 0.326 e. The Labute approximate surface area is 252 Å². The molecule has 242 valence electrons. The van der Waals surface area contributed by atoms with Crippen LogP contribution in [0.1, 0.15) is 60.8 Å². The lowest BCUT2D eigenvalue weighted by Gasteiger charge is -2.28. The van der Waals surface area contributed by atoms with Crippen LogP contribution >= 0.6 is 11.8 Å². The van der Waals surface area contributed by atoms with E-state index in [9.17, 15) is 39.0 Å². The largest absolute Gasteiger partial charge is 0.480 e. The van der Waals surface area contributed by atoms with Crippen LogP contribution in [0.4, 0.5) is 0 Å². The van der Waals surface area contributed by atoms with Gasteiger partial charge in [-0.1, -0.05) is 41.5 Å². The van der Waals surface area contributed by atoms with Crippen molar-refractivity contribution in [3.63, 3.8) is 0 Å². The molecule has 0 heterocycles. The molecule has 0 saturated heterocycles. The van der Waals surface area contributed by atoms with Crippen molar-refractivity contribution in [3.05, 3.63) is 0 Å². The number of nitrogens with one attached hydrogen (secondary N) is 5. The normalized spacial score (nSPS) is 14.9. The Morgan fingerprint density at radius 2 is 1.17 bits per heavy atom. The van der Waals surface area contributed by atoms with Gasteiger partial charge in [-0.3, -0.25) is 24.0 Å². The lowest BCUT2D eigenvalue weighted by atomic mass is 10.00. The van der Waals surface area contributed by atoms with Crippen LogP contribution in [-0.4, -0.2) is 101 Å². The highest BCUT2D eigenvalue weighted by atomic mass is 32.2. The molecule has 42 heavy (non-hydrogen) atoms. The van der Waals surface area contributed by atoms with Gasteiger partial charge in [0.25, 0.3) is 0 Å². The molecule has 0 aromatic carbocycles. The van der Waals surface area contributed by atoms with Crippen molar-refractivity contribution >= 4 is 47.3 Å². The van der Waals surface area contributed by atoms with E-state index in [4.69, 9.17) is 5.73 Å². The minimum atomic E-state index is -1.46. The smallest absolute Gasteiger partial charge is 0.326 e. The zero-order valence-corrected chi connectivity index (χ0v) is 26.5. The molecule has 0 aliphatic heterocycles. The second kappa shape index (κ2) is 20.1. The first-order valence-electron chi connectivity index (χ1n) is 14.1. The van der Waals surface area contributed by atoms with E-state index in [1.165, 1.54) is 11.8 Å². The number of aliphatic hydroxyl groups is 1. The predicted octanol–water partition coefficient (Wildman–Crippen LogP) is -1.05. The number of carbonyl (C=O) groups is 6. The third-order valence-corrected chi connectivity index (χ3v) is 6.82. The van der Waals surface area contributed by atoms with Crippen LogP contribution in [-0.2, 0) is 28.8 Å². The molecule has 0 aliphatic rings. The predicted molar refractivity (Wildman–Crippen MR) is 160 cm³/mol. The Hall–Kier alpha value is -2.91. The van der Waals surface area contributed by atoms with Gasteiger partial charge in [-0.05, 0) is 49.0 Å². The molecule has 0 unspecified atom stereocenters. The molecule has 0 rings (SSSR count). The highest BCUT2D eigenvalue weighted by Crippen LogP contribution is 2.10. The van der Waals surface area contributed by atoms with E-state index in [-0.39, 0.29) is 31.2 Å². The standard InChI is InChI=1S/C27H50N6O8S/c1-14(2)10-18(29-21(35)12-28)24(37)30-17(8-9-42-7)23(36)32-20(13-34)25(38)33-22(16(5)6)26(39)31-19(27(40)41)11-15(3)4/h14-20,22,34H,8-13,28H2,1-7H3,(H,29,35)(H,30,37)(H,31,39)(H,32,36)(H,33,38)(H,40,41)/t17-,18-,19-,20-,22-/m0/s1. The van der Waals surface area contributed by atoms with Crippen molar-refractivity contribution in [1.29, 1.82) is 0 Å². The van der Waals surface area contributed by atoms with Gasteiger partial charge >= 0.3 is 5.97 Å². The van der Waals surface area contributed by atoms with Gasteiger partial charge < -0.3 is 42.5 Å². The number of carboxylic acid groups (broad SMARTS) is 1. The maximum atomic E-state index is 13.2. The van der Waals surface area contributed by atoms with E-state index in [1.807, 2.05) is 34.0 Å². The van der Waals surface area contributed by atoms with E-state index in [1.54, 1.807) is 13.8 Å². The van der Waals surface area contributed by atoms with E-state index < -0.39 is 78.2 Å². The summed E-state index contributed by atoms with van der Waals surface area (Å²) < 4.78 is 0. The van der Waals surface area contributed by atoms with E-state index >= 15 is 0 Å². The minimum Gasteiger partial charge on any atom is -0.480 e. The third kappa shape index (κ3) is 14.8. The molecular formula is C27H50N6O8S. The van der Waals surface area contributed by atoms with Gasteiger partial charge in [-0.25, -0.2) is 4.79 Å². The first kappa shape index (κ1) is 39.1. The molecule has 0 spiro atoms. The molecule has 5 amide bonds. The lowest BCUT2D eigenvalue weighted by molar-refractivity contribution is -0.143. The Kier molecular flexibility index (Phi) is 18.7. The number of carboxylic acids is 1. The fraction of sp³-hybridized carbons (Fsp3) is 0.778. The van der Waals surface area contributed by atoms with E-state index in [2.05, 4.69) is 26.6 Å².